The van der Waals surface area contributed by atoms with Crippen LogP contribution in [0.2, 0.25) is 5.28 Å². The summed E-state index contributed by atoms with van der Waals surface area (Å²) in [6.07, 6.45) is 2.64. The van der Waals surface area contributed by atoms with Gasteiger partial charge in [-0.2, -0.15) is 9.97 Å². The Labute approximate surface area is 187 Å². The molecular formula is C24H25ClN4O2. The van der Waals surface area contributed by atoms with Gasteiger partial charge in [0.2, 0.25) is 11.2 Å². The molecule has 2 aliphatic rings. The number of anilines is 2. The number of hydrogen-bond acceptors (Lipinski definition) is 6. The number of fused-ring (bicyclic) bond motifs is 1. The Bertz CT molecular complexity index is 1060. The van der Waals surface area contributed by atoms with Gasteiger partial charge in [-0.3, -0.25) is 0 Å². The molecule has 0 amide bonds. The Hall–Kier alpha value is -2.99. The van der Waals surface area contributed by atoms with Crippen LogP contribution in [0, 0.1) is 5.92 Å². The summed E-state index contributed by atoms with van der Waals surface area (Å²) >= 11 is 6.37. The minimum Gasteiger partial charge on any atom is -0.497 e. The van der Waals surface area contributed by atoms with E-state index in [4.69, 9.17) is 21.1 Å². The molecule has 0 saturated heterocycles. The quantitative estimate of drug-likeness (QED) is 0.455. The standard InChI is InChI=1S/C24H25ClN4O2/c1-3-28-20-21(26-24(25)27-22(20)31-19-7-5-4-6-8-19)29(23(28)17-11-12-17)15-16-9-13-18(30-2)14-10-16/h4-10,13-14,17,23H,3,11-12,15H2,1-2H3. The van der Waals surface area contributed by atoms with Crippen molar-refractivity contribution in [3.05, 3.63) is 65.4 Å². The molecule has 1 aliphatic carbocycles. The Morgan fingerprint density at radius 2 is 1.71 bits per heavy atom. The highest BCUT2D eigenvalue weighted by molar-refractivity contribution is 6.28. The summed E-state index contributed by atoms with van der Waals surface area (Å²) in [5.74, 6) is 3.51. The van der Waals surface area contributed by atoms with Crippen LogP contribution in [-0.2, 0) is 6.54 Å². The van der Waals surface area contributed by atoms with Gasteiger partial charge in [-0.25, -0.2) is 0 Å². The van der Waals surface area contributed by atoms with Crippen molar-refractivity contribution in [3.63, 3.8) is 0 Å². The zero-order chi connectivity index (χ0) is 21.4. The summed E-state index contributed by atoms with van der Waals surface area (Å²) in [7, 11) is 1.68. The summed E-state index contributed by atoms with van der Waals surface area (Å²) in [5, 5.41) is 0.192. The van der Waals surface area contributed by atoms with Crippen LogP contribution in [0.5, 0.6) is 17.4 Å². The summed E-state index contributed by atoms with van der Waals surface area (Å²) in [6.45, 7) is 3.73. The van der Waals surface area contributed by atoms with Gasteiger partial charge in [0.15, 0.2) is 5.82 Å². The van der Waals surface area contributed by atoms with E-state index >= 15 is 0 Å². The molecule has 0 N–H and O–H groups in total. The van der Waals surface area contributed by atoms with Crippen LogP contribution in [0.25, 0.3) is 0 Å². The molecule has 2 aromatic carbocycles. The topological polar surface area (TPSA) is 50.7 Å². The van der Waals surface area contributed by atoms with E-state index in [9.17, 15) is 0 Å². The first-order valence-electron chi connectivity index (χ1n) is 10.6. The second-order valence-corrected chi connectivity index (χ2v) is 8.24. The maximum absolute atomic E-state index is 6.37. The molecule has 1 aromatic heterocycles. The van der Waals surface area contributed by atoms with E-state index in [1.165, 1.54) is 18.4 Å². The number of hydrogen-bond donors (Lipinski definition) is 0. The fourth-order valence-electron chi connectivity index (χ4n) is 4.29. The summed E-state index contributed by atoms with van der Waals surface area (Å²) in [4.78, 5) is 13.8. The maximum Gasteiger partial charge on any atom is 0.249 e. The van der Waals surface area contributed by atoms with E-state index < -0.39 is 0 Å². The van der Waals surface area contributed by atoms with Gasteiger partial charge in [-0.1, -0.05) is 30.3 Å². The molecule has 3 aromatic rings. The van der Waals surface area contributed by atoms with Gasteiger partial charge in [0.05, 0.1) is 7.11 Å². The van der Waals surface area contributed by atoms with Gasteiger partial charge in [0.25, 0.3) is 0 Å². The molecule has 1 atom stereocenters. The van der Waals surface area contributed by atoms with Crippen LogP contribution in [0.1, 0.15) is 25.3 Å². The Morgan fingerprint density at radius 1 is 0.968 bits per heavy atom. The predicted molar refractivity (Wildman–Crippen MR) is 122 cm³/mol. The van der Waals surface area contributed by atoms with E-state index in [0.717, 1.165) is 36.1 Å². The molecule has 31 heavy (non-hydrogen) atoms. The van der Waals surface area contributed by atoms with E-state index in [-0.39, 0.29) is 11.4 Å². The minimum atomic E-state index is 0.192. The molecule has 5 rings (SSSR count). The SMILES string of the molecule is CCN1c2c(Oc3ccccc3)nc(Cl)nc2N(Cc2ccc(OC)cc2)C1C1CC1. The third-order valence-corrected chi connectivity index (χ3v) is 6.03. The molecule has 0 bridgehead atoms. The van der Waals surface area contributed by atoms with Crippen molar-refractivity contribution in [1.29, 1.82) is 0 Å². The third kappa shape index (κ3) is 3.88. The Kier molecular flexibility index (Phi) is 5.32. The molecule has 1 unspecified atom stereocenters. The highest BCUT2D eigenvalue weighted by Crippen LogP contribution is 2.51. The molecule has 7 heteroatoms. The van der Waals surface area contributed by atoms with Crippen molar-refractivity contribution in [3.8, 4) is 17.4 Å². The number of nitrogens with zero attached hydrogens (tertiary/aromatic N) is 4. The van der Waals surface area contributed by atoms with Crippen LogP contribution in [0.3, 0.4) is 0 Å². The molecule has 1 aliphatic heterocycles. The Balaban J connectivity index is 1.56. The van der Waals surface area contributed by atoms with Crippen LogP contribution in [-0.4, -0.2) is 29.8 Å². The zero-order valence-electron chi connectivity index (χ0n) is 17.7. The second-order valence-electron chi connectivity index (χ2n) is 7.90. The smallest absolute Gasteiger partial charge is 0.249 e. The molecule has 160 valence electrons. The lowest BCUT2D eigenvalue weighted by atomic mass is 10.2. The molecule has 2 heterocycles. The van der Waals surface area contributed by atoms with E-state index in [2.05, 4.69) is 38.8 Å². The van der Waals surface area contributed by atoms with Gasteiger partial charge in [0.1, 0.15) is 23.4 Å². The first-order valence-corrected chi connectivity index (χ1v) is 11.0. The van der Waals surface area contributed by atoms with Crippen molar-refractivity contribution in [2.24, 2.45) is 5.92 Å². The lowest BCUT2D eigenvalue weighted by Gasteiger charge is -2.32. The normalized spacial score (nSPS) is 17.6. The van der Waals surface area contributed by atoms with Crippen molar-refractivity contribution >= 4 is 23.1 Å². The van der Waals surface area contributed by atoms with Gasteiger partial charge >= 0.3 is 0 Å². The van der Waals surface area contributed by atoms with Gasteiger partial charge < -0.3 is 19.3 Å². The lowest BCUT2D eigenvalue weighted by Crippen LogP contribution is -2.44. The largest absolute Gasteiger partial charge is 0.497 e. The Morgan fingerprint density at radius 3 is 2.35 bits per heavy atom. The minimum absolute atomic E-state index is 0.192. The number of rotatable bonds is 7. The summed E-state index contributed by atoms with van der Waals surface area (Å²) < 4.78 is 11.5. The number of methoxy groups -OCH3 is 1. The number of ether oxygens (including phenoxy) is 2. The molecule has 6 nitrogen and oxygen atoms in total. The first kappa shape index (κ1) is 19.9. The van der Waals surface area contributed by atoms with Crippen LogP contribution < -0.4 is 19.3 Å². The monoisotopic (exact) mass is 436 g/mol. The fraction of sp³-hybridized carbons (Fsp3) is 0.333. The van der Waals surface area contributed by atoms with Crippen LogP contribution >= 0.6 is 11.6 Å². The third-order valence-electron chi connectivity index (χ3n) is 5.86. The van der Waals surface area contributed by atoms with Crippen molar-refractivity contribution in [1.82, 2.24) is 9.97 Å². The van der Waals surface area contributed by atoms with Crippen LogP contribution in [0.4, 0.5) is 11.5 Å². The summed E-state index contributed by atoms with van der Waals surface area (Å²) in [6, 6.07) is 17.9. The van der Waals surface area contributed by atoms with Gasteiger partial charge in [-0.15, -0.1) is 0 Å². The van der Waals surface area contributed by atoms with E-state index in [1.807, 2.05) is 42.5 Å². The van der Waals surface area contributed by atoms with Crippen molar-refractivity contribution in [2.45, 2.75) is 32.5 Å². The van der Waals surface area contributed by atoms with E-state index in [1.54, 1.807) is 7.11 Å². The zero-order valence-corrected chi connectivity index (χ0v) is 18.4. The van der Waals surface area contributed by atoms with Gasteiger partial charge in [0, 0.05) is 13.1 Å². The van der Waals surface area contributed by atoms with E-state index in [0.29, 0.717) is 11.8 Å². The molecule has 1 fully saturated rings. The lowest BCUT2D eigenvalue weighted by molar-refractivity contribution is 0.414. The number of benzene rings is 2. The molecule has 0 spiro atoms. The second kappa shape index (κ2) is 8.27. The van der Waals surface area contributed by atoms with Crippen molar-refractivity contribution < 1.29 is 9.47 Å². The van der Waals surface area contributed by atoms with Crippen molar-refractivity contribution in [2.75, 3.05) is 23.5 Å². The number of aromatic nitrogens is 2. The highest BCUT2D eigenvalue weighted by Gasteiger charge is 2.47. The number of para-hydroxylation sites is 1. The average molecular weight is 437 g/mol. The predicted octanol–water partition coefficient (Wildman–Crippen LogP) is 5.51. The average Bonchev–Trinajstić information content (AvgIpc) is 3.58. The highest BCUT2D eigenvalue weighted by atomic mass is 35.5. The van der Waals surface area contributed by atoms with Gasteiger partial charge in [-0.05, 0) is 67.1 Å². The molecule has 1 saturated carbocycles. The molecule has 0 radical (unpaired) electrons. The fourth-order valence-corrected chi connectivity index (χ4v) is 4.45. The van der Waals surface area contributed by atoms with Crippen LogP contribution in [0.15, 0.2) is 54.6 Å². The maximum atomic E-state index is 6.37. The summed E-state index contributed by atoms with van der Waals surface area (Å²) in [5.41, 5.74) is 2.11. The number of halogens is 1. The first-order chi connectivity index (χ1) is 15.2. The molecular weight excluding hydrogens is 412 g/mol.